The molecule has 3 aromatic carbocycles. The molecule has 34 heavy (non-hydrogen) atoms. The number of ether oxygens (including phenoxy) is 1. The Bertz CT molecular complexity index is 1410. The van der Waals surface area contributed by atoms with Gasteiger partial charge in [0.05, 0.1) is 18.2 Å². The fraction of sp³-hybridized carbons (Fsp3) is 0.143. The van der Waals surface area contributed by atoms with Crippen LogP contribution in [0.1, 0.15) is 24.1 Å². The molecule has 0 radical (unpaired) electrons. The lowest BCUT2D eigenvalue weighted by Crippen LogP contribution is -2.09. The van der Waals surface area contributed by atoms with E-state index < -0.39 is 0 Å². The third-order valence-corrected chi connectivity index (χ3v) is 6.19. The summed E-state index contributed by atoms with van der Waals surface area (Å²) in [6.07, 6.45) is 1.62. The van der Waals surface area contributed by atoms with E-state index in [1.54, 1.807) is 13.4 Å². The number of hydrogen-bond acceptors (Lipinski definition) is 4. The van der Waals surface area contributed by atoms with Crippen molar-refractivity contribution in [3.63, 3.8) is 0 Å². The zero-order valence-corrected chi connectivity index (χ0v) is 19.8. The highest BCUT2D eigenvalue weighted by atomic mass is 35.5. The SMILES string of the molecule is COc1ccc(-c2cc3c(N[C@@H](C)c4ccccc4)ncnc3n2Cc2cccc(Cl)c2)cc1. The molecule has 5 rings (SSSR count). The summed E-state index contributed by atoms with van der Waals surface area (Å²) >= 11 is 6.28. The van der Waals surface area contributed by atoms with Gasteiger partial charge in [0, 0.05) is 17.6 Å². The van der Waals surface area contributed by atoms with Gasteiger partial charge < -0.3 is 14.6 Å². The van der Waals surface area contributed by atoms with E-state index in [1.807, 2.05) is 48.5 Å². The Morgan fingerprint density at radius 2 is 1.74 bits per heavy atom. The molecule has 0 aliphatic heterocycles. The highest BCUT2D eigenvalue weighted by Crippen LogP contribution is 2.33. The first kappa shape index (κ1) is 22.0. The molecule has 6 heteroatoms. The number of aromatic nitrogens is 3. The summed E-state index contributed by atoms with van der Waals surface area (Å²) in [5.74, 6) is 1.63. The first-order chi connectivity index (χ1) is 16.6. The van der Waals surface area contributed by atoms with Gasteiger partial charge in [0.1, 0.15) is 23.5 Å². The Labute approximate surface area is 204 Å². The molecule has 0 saturated heterocycles. The average Bonchev–Trinajstić information content (AvgIpc) is 3.24. The van der Waals surface area contributed by atoms with Crippen LogP contribution >= 0.6 is 11.6 Å². The van der Waals surface area contributed by atoms with Crippen LogP contribution in [0, 0.1) is 0 Å². The zero-order valence-electron chi connectivity index (χ0n) is 19.1. The van der Waals surface area contributed by atoms with E-state index in [0.29, 0.717) is 11.6 Å². The number of rotatable bonds is 7. The van der Waals surface area contributed by atoms with Crippen LogP contribution < -0.4 is 10.1 Å². The molecule has 170 valence electrons. The third kappa shape index (κ3) is 4.47. The number of anilines is 1. The summed E-state index contributed by atoms with van der Waals surface area (Å²) in [4.78, 5) is 9.27. The number of methoxy groups -OCH3 is 1. The van der Waals surface area contributed by atoms with Crippen LogP contribution in [0.5, 0.6) is 5.75 Å². The minimum absolute atomic E-state index is 0.0972. The van der Waals surface area contributed by atoms with E-state index in [9.17, 15) is 0 Å². The summed E-state index contributed by atoms with van der Waals surface area (Å²) in [6.45, 7) is 2.77. The smallest absolute Gasteiger partial charge is 0.146 e. The lowest BCUT2D eigenvalue weighted by atomic mass is 10.1. The zero-order chi connectivity index (χ0) is 23.5. The molecular formula is C28H25ClN4O. The molecule has 5 aromatic rings. The van der Waals surface area contributed by atoms with Crippen LogP contribution in [-0.4, -0.2) is 21.6 Å². The van der Waals surface area contributed by atoms with Crippen molar-refractivity contribution in [1.29, 1.82) is 0 Å². The van der Waals surface area contributed by atoms with Crippen molar-refractivity contribution in [1.82, 2.24) is 14.5 Å². The van der Waals surface area contributed by atoms with Crippen molar-refractivity contribution in [2.75, 3.05) is 12.4 Å². The molecule has 0 spiro atoms. The van der Waals surface area contributed by atoms with Gasteiger partial charge in [-0.2, -0.15) is 0 Å². The van der Waals surface area contributed by atoms with Crippen molar-refractivity contribution >= 4 is 28.5 Å². The minimum atomic E-state index is 0.0972. The molecule has 2 heterocycles. The maximum atomic E-state index is 6.28. The maximum Gasteiger partial charge on any atom is 0.146 e. The molecule has 1 atom stereocenters. The van der Waals surface area contributed by atoms with Crippen LogP contribution in [-0.2, 0) is 6.54 Å². The topological polar surface area (TPSA) is 52.0 Å². The van der Waals surface area contributed by atoms with Gasteiger partial charge in [0.25, 0.3) is 0 Å². The number of hydrogen-bond donors (Lipinski definition) is 1. The fourth-order valence-electron chi connectivity index (χ4n) is 4.19. The van der Waals surface area contributed by atoms with Gasteiger partial charge in [0.2, 0.25) is 0 Å². The summed E-state index contributed by atoms with van der Waals surface area (Å²) in [6, 6.07) is 28.6. The number of nitrogens with zero attached hydrogens (tertiary/aromatic N) is 3. The molecule has 0 fully saturated rings. The van der Waals surface area contributed by atoms with E-state index in [0.717, 1.165) is 39.4 Å². The first-order valence-electron chi connectivity index (χ1n) is 11.2. The van der Waals surface area contributed by atoms with Crippen LogP contribution in [0.3, 0.4) is 0 Å². The van der Waals surface area contributed by atoms with Gasteiger partial charge in [-0.3, -0.25) is 0 Å². The van der Waals surface area contributed by atoms with Gasteiger partial charge >= 0.3 is 0 Å². The van der Waals surface area contributed by atoms with Crippen LogP contribution in [0.15, 0.2) is 91.3 Å². The van der Waals surface area contributed by atoms with E-state index >= 15 is 0 Å². The predicted octanol–water partition coefficient (Wildman–Crippen LogP) is 6.98. The number of halogens is 1. The monoisotopic (exact) mass is 468 g/mol. The van der Waals surface area contributed by atoms with E-state index in [2.05, 4.69) is 63.2 Å². The normalized spacial score (nSPS) is 12.0. The molecular weight excluding hydrogens is 444 g/mol. The van der Waals surface area contributed by atoms with Crippen molar-refractivity contribution in [3.05, 3.63) is 107 Å². The highest BCUT2D eigenvalue weighted by Gasteiger charge is 2.17. The number of benzene rings is 3. The van der Waals surface area contributed by atoms with Crippen molar-refractivity contribution in [2.45, 2.75) is 19.5 Å². The molecule has 1 N–H and O–H groups in total. The Balaban J connectivity index is 1.61. The summed E-state index contributed by atoms with van der Waals surface area (Å²) in [5.41, 5.74) is 5.29. The second-order valence-corrected chi connectivity index (χ2v) is 8.65. The second-order valence-electron chi connectivity index (χ2n) is 8.21. The minimum Gasteiger partial charge on any atom is -0.497 e. The Morgan fingerprint density at radius 1 is 0.941 bits per heavy atom. The number of fused-ring (bicyclic) bond motifs is 1. The van der Waals surface area contributed by atoms with Crippen molar-refractivity contribution in [2.24, 2.45) is 0 Å². The second kappa shape index (κ2) is 9.57. The van der Waals surface area contributed by atoms with Gasteiger partial charge in [-0.25, -0.2) is 9.97 Å². The Morgan fingerprint density at radius 3 is 2.47 bits per heavy atom. The lowest BCUT2D eigenvalue weighted by Gasteiger charge is -2.15. The Kier molecular flexibility index (Phi) is 6.19. The van der Waals surface area contributed by atoms with Crippen LogP contribution in [0.2, 0.25) is 5.02 Å². The van der Waals surface area contributed by atoms with Crippen molar-refractivity contribution in [3.8, 4) is 17.0 Å². The van der Waals surface area contributed by atoms with Crippen molar-refractivity contribution < 1.29 is 4.74 Å². The third-order valence-electron chi connectivity index (χ3n) is 5.96. The first-order valence-corrected chi connectivity index (χ1v) is 11.5. The van der Waals surface area contributed by atoms with Gasteiger partial charge in [0.15, 0.2) is 0 Å². The van der Waals surface area contributed by atoms with Crippen LogP contribution in [0.4, 0.5) is 5.82 Å². The lowest BCUT2D eigenvalue weighted by molar-refractivity contribution is 0.415. The molecule has 0 amide bonds. The molecule has 0 bridgehead atoms. The van der Waals surface area contributed by atoms with E-state index in [1.165, 1.54) is 5.56 Å². The Hall–Kier alpha value is -3.83. The van der Waals surface area contributed by atoms with Gasteiger partial charge in [-0.15, -0.1) is 0 Å². The average molecular weight is 469 g/mol. The molecule has 0 aliphatic rings. The molecule has 0 unspecified atom stereocenters. The summed E-state index contributed by atoms with van der Waals surface area (Å²) < 4.78 is 7.57. The summed E-state index contributed by atoms with van der Waals surface area (Å²) in [7, 11) is 1.67. The van der Waals surface area contributed by atoms with Crippen LogP contribution in [0.25, 0.3) is 22.3 Å². The highest BCUT2D eigenvalue weighted by molar-refractivity contribution is 6.30. The summed E-state index contributed by atoms with van der Waals surface area (Å²) in [5, 5.41) is 5.27. The largest absolute Gasteiger partial charge is 0.497 e. The fourth-order valence-corrected chi connectivity index (χ4v) is 4.40. The van der Waals surface area contributed by atoms with Gasteiger partial charge in [-0.05, 0) is 66.1 Å². The predicted molar refractivity (Wildman–Crippen MR) is 139 cm³/mol. The molecule has 0 aliphatic carbocycles. The molecule has 2 aromatic heterocycles. The maximum absolute atomic E-state index is 6.28. The number of nitrogens with one attached hydrogen (secondary N) is 1. The standard InChI is InChI=1S/C28H25ClN4O/c1-19(21-8-4-3-5-9-21)32-27-25-16-26(22-11-13-24(34-2)14-12-22)33(28(25)31-18-30-27)17-20-7-6-10-23(29)15-20/h3-16,18-19H,17H2,1-2H3,(H,30,31,32)/t19-/m0/s1. The van der Waals surface area contributed by atoms with E-state index in [4.69, 9.17) is 16.3 Å². The van der Waals surface area contributed by atoms with E-state index in [-0.39, 0.29) is 6.04 Å². The quantitative estimate of drug-likeness (QED) is 0.280. The molecule has 0 saturated carbocycles. The van der Waals surface area contributed by atoms with Gasteiger partial charge in [-0.1, -0.05) is 54.1 Å². The molecule has 5 nitrogen and oxygen atoms in total.